The number of anilines is 1. The summed E-state index contributed by atoms with van der Waals surface area (Å²) in [5, 5.41) is 77.4. The zero-order chi connectivity index (χ0) is 77.7. The number of aromatic nitrogens is 12. The van der Waals surface area contributed by atoms with E-state index in [1.807, 2.05) is 43.3 Å². The first-order chi connectivity index (χ1) is 53.3. The highest BCUT2D eigenvalue weighted by Gasteiger charge is 2.24. The van der Waals surface area contributed by atoms with Crippen molar-refractivity contribution in [3.63, 3.8) is 0 Å². The first-order valence-electron chi connectivity index (χ1n) is 38.2. The topological polar surface area (TPSA) is 350 Å². The Kier molecular flexibility index (Phi) is 29.1. The van der Waals surface area contributed by atoms with Crippen molar-refractivity contribution >= 4 is 145 Å². The molecule has 0 bridgehead atoms. The van der Waals surface area contributed by atoms with Crippen molar-refractivity contribution in [1.29, 1.82) is 0 Å². The summed E-state index contributed by atoms with van der Waals surface area (Å²) in [5.41, 5.74) is 12.8. The molecule has 0 amide bonds. The van der Waals surface area contributed by atoms with E-state index < -0.39 is 14.0 Å². The maximum atomic E-state index is 11.3. The van der Waals surface area contributed by atoms with E-state index in [0.717, 1.165) is 110 Å². The van der Waals surface area contributed by atoms with Crippen molar-refractivity contribution in [3.05, 3.63) is 187 Å². The number of alkyl halides is 1. The number of aromatic amines is 1. The predicted molar refractivity (Wildman–Crippen MR) is 436 cm³/mol. The number of non-ortho nitro benzene ring substituents is 4. The summed E-state index contributed by atoms with van der Waals surface area (Å²) < 4.78 is 32.6. The summed E-state index contributed by atoms with van der Waals surface area (Å²) in [6.07, 6.45) is 42.5. The van der Waals surface area contributed by atoms with Crippen molar-refractivity contribution in [1.82, 2.24) is 59.1 Å². The van der Waals surface area contributed by atoms with E-state index in [1.54, 1.807) is 91.5 Å². The number of halogens is 2. The van der Waals surface area contributed by atoms with Crippen LogP contribution in [-0.4, -0.2) is 108 Å². The highest BCUT2D eigenvalue weighted by molar-refractivity contribution is 9.09. The number of hydrogen-bond acceptors (Lipinski definition) is 17. The number of H-pyrrole nitrogens is 1. The van der Waals surface area contributed by atoms with Crippen LogP contribution in [0.1, 0.15) is 154 Å². The molecule has 0 unspecified atom stereocenters. The molecule has 110 heavy (non-hydrogen) atoms. The summed E-state index contributed by atoms with van der Waals surface area (Å²) in [7, 11) is 9.68. The van der Waals surface area contributed by atoms with Crippen LogP contribution in [-0.2, 0) is 41.8 Å². The van der Waals surface area contributed by atoms with Crippen LogP contribution in [0.25, 0.3) is 65.4 Å². The van der Waals surface area contributed by atoms with Crippen LogP contribution in [0.3, 0.4) is 0 Å². The number of nitrogen functional groups attached to an aromatic ring is 1. The average molecular weight is 1600 g/mol. The third kappa shape index (κ3) is 22.3. The molecule has 4 radical (unpaired) electrons. The molecule has 6 aliphatic carbocycles. The molecule has 3 N–H and O–H groups in total. The second-order valence-electron chi connectivity index (χ2n) is 29.6. The Morgan fingerprint density at radius 3 is 1.14 bits per heavy atom. The third-order valence-corrected chi connectivity index (χ3v) is 24.1. The van der Waals surface area contributed by atoms with E-state index in [0.29, 0.717) is 23.7 Å². The minimum atomic E-state index is -3.67. The average Bonchev–Trinajstić information content (AvgIpc) is 1.67. The Hall–Kier alpha value is -9.61. The summed E-state index contributed by atoms with van der Waals surface area (Å²) in [6, 6.07) is 30.2. The fourth-order valence-corrected chi connectivity index (χ4v) is 17.4. The number of fused-ring (bicyclic) bond motifs is 6. The fraction of sp³-hybridized carbons (Fsp3) is 0.462. The molecule has 6 heterocycles. The number of nitrogens with zero attached hydrogens (tertiary/aromatic N) is 15. The zero-order valence-electron chi connectivity index (χ0n) is 61.7. The van der Waals surface area contributed by atoms with Crippen LogP contribution in [0.15, 0.2) is 151 Å². The van der Waals surface area contributed by atoms with Crippen LogP contribution in [0, 0.1) is 76.0 Å². The van der Waals surface area contributed by atoms with E-state index in [1.165, 1.54) is 189 Å². The standard InChI is InChI=1S/C13H15ClN2O2S.3C13H15N3O2.C13H17N3.C7H5N3O2.C6H11Br.B2/c14-19(17,18)12-5-6-13-11(7-12)8-15-16(13)9-10-3-1-2-4-10;2*17-16(18)12-5-6-13-11(7-12)8-14-15(13)9-10-3-1-2-4-10;17-16(18)12-5-6-13-11(7-12)9-15(14-13)8-10-3-1-2-4-10;14-12-5-6-13-11(7-12)8-15-16(13)9-10-3-1-2-4-10;11-10(12)6-1-2-7-5(3-6)4-8-9-7;7-5-6-3-1-2-4-6;1-2/h5-8,10H,1-4,9H2;2*5-8,10H,1-4,9H2;5-7,9-10H,1-4,8H2;5-8,10H,1-4,9,14H2;1-4H,(H,8,9);6H,1-5H2;. The number of rotatable bonds is 16. The molecule has 576 valence electrons. The molecule has 0 aliphatic heterocycles. The number of hydrogen-bond donors (Lipinski definition) is 2. The molecule has 0 saturated heterocycles. The lowest BCUT2D eigenvalue weighted by Gasteiger charge is -2.10. The molecule has 6 aromatic carbocycles. The van der Waals surface area contributed by atoms with Gasteiger partial charge in [0.05, 0.1) is 88.7 Å². The van der Waals surface area contributed by atoms with Gasteiger partial charge in [-0.15, -0.1) is 0 Å². The van der Waals surface area contributed by atoms with Crippen LogP contribution in [0.2, 0.25) is 0 Å². The Labute approximate surface area is 653 Å². The van der Waals surface area contributed by atoms with Crippen LogP contribution < -0.4 is 5.73 Å². The second-order valence-corrected chi connectivity index (χ2v) is 32.8. The number of nitro groups is 4. The molecular formula is C78H93B2BrClN17O10S. The lowest BCUT2D eigenvalue weighted by Crippen LogP contribution is -2.08. The Balaban J connectivity index is 0.000000128. The second kappa shape index (κ2) is 39.3. The maximum Gasteiger partial charge on any atom is 0.270 e. The highest BCUT2D eigenvalue weighted by Crippen LogP contribution is 2.34. The summed E-state index contributed by atoms with van der Waals surface area (Å²) in [4.78, 5) is 41.1. The minimum absolute atomic E-state index is 0.0869. The highest BCUT2D eigenvalue weighted by atomic mass is 79.9. The molecular weight excluding hydrogens is 1500 g/mol. The van der Waals surface area contributed by atoms with Gasteiger partial charge in [0.25, 0.3) is 31.8 Å². The van der Waals surface area contributed by atoms with Gasteiger partial charge in [-0.2, -0.15) is 30.6 Å². The van der Waals surface area contributed by atoms with E-state index in [9.17, 15) is 48.9 Å². The predicted octanol–water partition coefficient (Wildman–Crippen LogP) is 18.6. The van der Waals surface area contributed by atoms with Crippen molar-refractivity contribution in [2.45, 2.75) is 192 Å². The van der Waals surface area contributed by atoms with Crippen molar-refractivity contribution < 1.29 is 28.1 Å². The molecule has 6 fully saturated rings. The smallest absolute Gasteiger partial charge is 0.270 e. The Morgan fingerprint density at radius 2 is 0.755 bits per heavy atom. The normalized spacial score (nSPS) is 16.2. The monoisotopic (exact) mass is 1600 g/mol. The maximum absolute atomic E-state index is 11.3. The van der Waals surface area contributed by atoms with Gasteiger partial charge in [-0.3, -0.25) is 69.0 Å². The zero-order valence-corrected chi connectivity index (χ0v) is 64.9. The third-order valence-electron chi connectivity index (χ3n) is 21.9. The largest absolute Gasteiger partial charge is 0.399 e. The Morgan fingerprint density at radius 1 is 0.427 bits per heavy atom. The van der Waals surface area contributed by atoms with Gasteiger partial charge in [0.15, 0.2) is 0 Å². The number of nitrogens with two attached hydrogens (primary N) is 1. The number of nitro benzene ring substituents is 4. The van der Waals surface area contributed by atoms with Crippen molar-refractivity contribution in [3.8, 4) is 0 Å². The van der Waals surface area contributed by atoms with Gasteiger partial charge in [0, 0.05) is 157 Å². The first-order valence-corrected chi connectivity index (χ1v) is 41.6. The van der Waals surface area contributed by atoms with Gasteiger partial charge in [-0.1, -0.05) is 93.0 Å². The van der Waals surface area contributed by atoms with Crippen LogP contribution >= 0.6 is 26.6 Å². The molecule has 18 rings (SSSR count). The van der Waals surface area contributed by atoms with E-state index in [-0.39, 0.29) is 42.4 Å². The van der Waals surface area contributed by atoms with Gasteiger partial charge in [0.2, 0.25) is 0 Å². The number of nitrogens with one attached hydrogen (secondary N) is 1. The quantitative estimate of drug-likeness (QED) is 0.0227. The van der Waals surface area contributed by atoms with Crippen LogP contribution in [0.5, 0.6) is 0 Å². The first kappa shape index (κ1) is 81.4. The van der Waals surface area contributed by atoms with Crippen molar-refractivity contribution in [2.75, 3.05) is 11.1 Å². The summed E-state index contributed by atoms with van der Waals surface area (Å²) in [6.45, 7) is 4.77. The van der Waals surface area contributed by atoms with E-state index in [4.69, 9.17) is 16.4 Å². The van der Waals surface area contributed by atoms with Gasteiger partial charge >= 0.3 is 0 Å². The van der Waals surface area contributed by atoms with E-state index in [2.05, 4.69) is 77.8 Å². The molecule has 32 heteroatoms. The molecule has 0 spiro atoms. The lowest BCUT2D eigenvalue weighted by molar-refractivity contribution is -0.384. The fourth-order valence-electron chi connectivity index (χ4n) is 16.0. The lowest BCUT2D eigenvalue weighted by atomic mass is 9.81. The van der Waals surface area contributed by atoms with Gasteiger partial charge in [-0.25, -0.2) is 8.42 Å². The molecule has 0 atom stereocenters. The molecule has 12 aromatic rings. The molecule has 27 nitrogen and oxygen atoms in total. The summed E-state index contributed by atoms with van der Waals surface area (Å²) >= 11 is 3.48. The number of benzene rings is 6. The molecule has 6 aromatic heterocycles. The SMILES string of the molecule is BrCC1CCCC1.Nc1ccc2c(cnn2CC2CCCC2)c1.O=S(=O)(Cl)c1ccc2c(cnn2CC2CCCC2)c1.O=[N+]([O-])c1ccc2[nH]ncc2c1.O=[N+]([O-])c1ccc2c(cnn2CC2CCCC2)c1.O=[N+]([O-])c1ccc2c(cnn2CC2CCCC2)c1.O=[N+]([O-])c1ccc2nn(CC3CCCC3)cc2c1.[B][B]. The van der Waals surface area contributed by atoms with E-state index >= 15 is 0 Å². The van der Waals surface area contributed by atoms with Crippen molar-refractivity contribution in [2.24, 2.45) is 35.5 Å². The summed E-state index contributed by atoms with van der Waals surface area (Å²) in [5.74, 6) is 4.67. The minimum Gasteiger partial charge on any atom is -0.399 e. The van der Waals surface area contributed by atoms with Crippen LogP contribution in [0.4, 0.5) is 28.4 Å². The van der Waals surface area contributed by atoms with Gasteiger partial charge in [-0.05, 0) is 173 Å². The van der Waals surface area contributed by atoms with Gasteiger partial charge < -0.3 is 5.73 Å². The van der Waals surface area contributed by atoms with Gasteiger partial charge in [0.1, 0.15) is 0 Å². The molecule has 6 aliphatic rings. The Bertz CT molecular complexity index is 5030. The molecule has 6 saturated carbocycles.